The largest absolute Gasteiger partial charge is 0.342 e. The summed E-state index contributed by atoms with van der Waals surface area (Å²) in [5.41, 5.74) is 3.66. The molecule has 1 aliphatic carbocycles. The predicted molar refractivity (Wildman–Crippen MR) is 115 cm³/mol. The van der Waals surface area contributed by atoms with Gasteiger partial charge < -0.3 is 10.3 Å². The van der Waals surface area contributed by atoms with Crippen LogP contribution < -0.4 is 10.9 Å². The van der Waals surface area contributed by atoms with Crippen molar-refractivity contribution < 1.29 is 4.79 Å². The first-order valence-electron chi connectivity index (χ1n) is 10.1. The fourth-order valence-electron chi connectivity index (χ4n) is 3.64. The van der Waals surface area contributed by atoms with Gasteiger partial charge in [0.05, 0.1) is 16.7 Å². The van der Waals surface area contributed by atoms with Gasteiger partial charge in [0.25, 0.3) is 5.56 Å². The van der Waals surface area contributed by atoms with E-state index in [0.29, 0.717) is 17.3 Å². The highest BCUT2D eigenvalue weighted by Gasteiger charge is 2.22. The third kappa shape index (κ3) is 3.61. The summed E-state index contributed by atoms with van der Waals surface area (Å²) in [4.78, 5) is 32.7. The molecule has 4 aromatic rings. The maximum Gasteiger partial charge on any atom is 0.267 e. The van der Waals surface area contributed by atoms with Crippen molar-refractivity contribution in [3.05, 3.63) is 76.8 Å². The van der Waals surface area contributed by atoms with E-state index >= 15 is 0 Å². The lowest BCUT2D eigenvalue weighted by Crippen LogP contribution is -2.29. The summed E-state index contributed by atoms with van der Waals surface area (Å²) in [5, 5.41) is 7.19. The molecule has 7 nitrogen and oxygen atoms in total. The maximum atomic E-state index is 12.6. The Bertz CT molecular complexity index is 1270. The van der Waals surface area contributed by atoms with Gasteiger partial charge in [-0.1, -0.05) is 36.8 Å². The number of fused-ring (bicyclic) bond motifs is 1. The van der Waals surface area contributed by atoms with Crippen molar-refractivity contribution in [2.24, 2.45) is 0 Å². The van der Waals surface area contributed by atoms with Gasteiger partial charge in [-0.15, -0.1) is 0 Å². The second-order valence-electron chi connectivity index (χ2n) is 7.61. The van der Waals surface area contributed by atoms with E-state index in [1.54, 1.807) is 6.07 Å². The summed E-state index contributed by atoms with van der Waals surface area (Å²) >= 11 is 0. The molecule has 150 valence electrons. The fourth-order valence-corrected chi connectivity index (χ4v) is 3.64. The van der Waals surface area contributed by atoms with Crippen LogP contribution in [0.3, 0.4) is 0 Å². The number of H-pyrrole nitrogens is 1. The Morgan fingerprint density at radius 3 is 2.70 bits per heavy atom. The first-order chi connectivity index (χ1) is 14.7. The number of aromatic nitrogens is 4. The molecular formula is C23H21N5O2. The van der Waals surface area contributed by atoms with Crippen molar-refractivity contribution in [1.29, 1.82) is 0 Å². The van der Waals surface area contributed by atoms with Crippen LogP contribution in [0.25, 0.3) is 22.3 Å². The SMILES string of the molecule is O=C(Cn1nc(-c2ccccc2)ccc1=O)Nc1ccc2nc(C3CCC3)[nH]c2c1. The van der Waals surface area contributed by atoms with Gasteiger partial charge in [-0.3, -0.25) is 9.59 Å². The third-order valence-electron chi connectivity index (χ3n) is 5.51. The van der Waals surface area contributed by atoms with E-state index in [1.807, 2.05) is 48.5 Å². The lowest BCUT2D eigenvalue weighted by atomic mass is 9.85. The number of amides is 1. The fraction of sp³-hybridized carbons (Fsp3) is 0.217. The Balaban J connectivity index is 1.33. The lowest BCUT2D eigenvalue weighted by Gasteiger charge is -2.22. The number of carbonyl (C=O) groups is 1. The molecule has 0 spiro atoms. The number of benzene rings is 2. The minimum Gasteiger partial charge on any atom is -0.342 e. The molecule has 1 amide bonds. The second kappa shape index (κ2) is 7.59. The maximum absolute atomic E-state index is 12.6. The van der Waals surface area contributed by atoms with Crippen molar-refractivity contribution in [2.75, 3.05) is 5.32 Å². The van der Waals surface area contributed by atoms with Gasteiger partial charge in [0.15, 0.2) is 0 Å². The topological polar surface area (TPSA) is 92.7 Å². The minimum absolute atomic E-state index is 0.159. The van der Waals surface area contributed by atoms with Crippen LogP contribution >= 0.6 is 0 Å². The van der Waals surface area contributed by atoms with Crippen LogP contribution in [-0.4, -0.2) is 25.7 Å². The highest BCUT2D eigenvalue weighted by atomic mass is 16.2. The molecule has 0 unspecified atom stereocenters. The molecule has 1 aliphatic rings. The van der Waals surface area contributed by atoms with Gasteiger partial charge in [-0.25, -0.2) is 9.67 Å². The summed E-state index contributed by atoms with van der Waals surface area (Å²) in [6.45, 7) is -0.159. The summed E-state index contributed by atoms with van der Waals surface area (Å²) in [5.74, 6) is 1.23. The van der Waals surface area contributed by atoms with Crippen LogP contribution in [0.1, 0.15) is 31.0 Å². The summed E-state index contributed by atoms with van der Waals surface area (Å²) in [6, 6.07) is 18.2. The zero-order valence-electron chi connectivity index (χ0n) is 16.3. The Hall–Kier alpha value is -3.74. The van der Waals surface area contributed by atoms with E-state index in [0.717, 1.165) is 22.4 Å². The van der Waals surface area contributed by atoms with Crippen molar-refractivity contribution in [3.63, 3.8) is 0 Å². The molecule has 5 rings (SSSR count). The average Bonchev–Trinajstić information content (AvgIpc) is 3.11. The normalized spacial score (nSPS) is 13.9. The molecule has 30 heavy (non-hydrogen) atoms. The monoisotopic (exact) mass is 399 g/mol. The van der Waals surface area contributed by atoms with Crippen LogP contribution in [0.5, 0.6) is 0 Å². The molecule has 0 aliphatic heterocycles. The molecule has 1 fully saturated rings. The van der Waals surface area contributed by atoms with E-state index in [4.69, 9.17) is 0 Å². The van der Waals surface area contributed by atoms with Crippen molar-refractivity contribution in [3.8, 4) is 11.3 Å². The Morgan fingerprint density at radius 1 is 1.10 bits per heavy atom. The summed E-state index contributed by atoms with van der Waals surface area (Å²) in [6.07, 6.45) is 3.60. The van der Waals surface area contributed by atoms with Crippen LogP contribution in [0.2, 0.25) is 0 Å². The molecule has 2 N–H and O–H groups in total. The first kappa shape index (κ1) is 18.3. The second-order valence-corrected chi connectivity index (χ2v) is 7.61. The van der Waals surface area contributed by atoms with E-state index < -0.39 is 0 Å². The molecule has 1 saturated carbocycles. The van der Waals surface area contributed by atoms with Crippen LogP contribution in [-0.2, 0) is 11.3 Å². The van der Waals surface area contributed by atoms with Gasteiger partial charge in [0.1, 0.15) is 12.4 Å². The molecule has 7 heteroatoms. The zero-order valence-corrected chi connectivity index (χ0v) is 16.3. The van der Waals surface area contributed by atoms with E-state index in [-0.39, 0.29) is 18.0 Å². The number of nitrogens with zero attached hydrogens (tertiary/aromatic N) is 3. The summed E-state index contributed by atoms with van der Waals surface area (Å²) in [7, 11) is 0. The number of nitrogens with one attached hydrogen (secondary N) is 2. The quantitative estimate of drug-likeness (QED) is 0.535. The smallest absolute Gasteiger partial charge is 0.267 e. The van der Waals surface area contributed by atoms with Gasteiger partial charge >= 0.3 is 0 Å². The van der Waals surface area contributed by atoms with E-state index in [9.17, 15) is 9.59 Å². The molecule has 2 heterocycles. The van der Waals surface area contributed by atoms with E-state index in [2.05, 4.69) is 20.4 Å². The highest BCUT2D eigenvalue weighted by molar-refractivity contribution is 5.92. The van der Waals surface area contributed by atoms with Crippen molar-refractivity contribution in [2.45, 2.75) is 31.7 Å². The van der Waals surface area contributed by atoms with Crippen molar-refractivity contribution >= 4 is 22.6 Å². The van der Waals surface area contributed by atoms with Gasteiger partial charge in [0.2, 0.25) is 5.91 Å². The molecule has 0 atom stereocenters. The lowest BCUT2D eigenvalue weighted by molar-refractivity contribution is -0.117. The van der Waals surface area contributed by atoms with Crippen molar-refractivity contribution in [1.82, 2.24) is 19.7 Å². The number of hydrogen-bond donors (Lipinski definition) is 2. The zero-order chi connectivity index (χ0) is 20.5. The molecule has 2 aromatic carbocycles. The van der Waals surface area contributed by atoms with Crippen LogP contribution in [0.15, 0.2) is 65.5 Å². The number of carbonyl (C=O) groups excluding carboxylic acids is 1. The number of imidazole rings is 1. The number of anilines is 1. The molecular weight excluding hydrogens is 378 g/mol. The standard InChI is InChI=1S/C23H21N5O2/c29-21(14-28-22(30)12-11-18(27-28)15-5-2-1-3-6-15)24-17-9-10-19-20(13-17)26-23(25-19)16-7-4-8-16/h1-3,5-6,9-13,16H,4,7-8,14H2,(H,24,29)(H,25,26). The Labute approximate surface area is 172 Å². The van der Waals surface area contributed by atoms with Crippen LogP contribution in [0.4, 0.5) is 5.69 Å². The predicted octanol–water partition coefficient (Wildman–Crippen LogP) is 3.69. The third-order valence-corrected chi connectivity index (χ3v) is 5.51. The number of hydrogen-bond acceptors (Lipinski definition) is 4. The molecule has 0 bridgehead atoms. The molecule has 2 aromatic heterocycles. The Morgan fingerprint density at radius 2 is 1.93 bits per heavy atom. The van der Waals surface area contributed by atoms with Gasteiger partial charge in [-0.05, 0) is 37.1 Å². The van der Waals surface area contributed by atoms with Gasteiger partial charge in [-0.2, -0.15) is 5.10 Å². The van der Waals surface area contributed by atoms with Gasteiger partial charge in [0, 0.05) is 23.2 Å². The number of rotatable bonds is 5. The molecule has 0 radical (unpaired) electrons. The highest BCUT2D eigenvalue weighted by Crippen LogP contribution is 2.35. The number of aromatic amines is 1. The van der Waals surface area contributed by atoms with Crippen LogP contribution in [0, 0.1) is 0 Å². The first-order valence-corrected chi connectivity index (χ1v) is 10.1. The minimum atomic E-state index is -0.320. The van der Waals surface area contributed by atoms with E-state index in [1.165, 1.54) is 30.0 Å². The summed E-state index contributed by atoms with van der Waals surface area (Å²) < 4.78 is 1.18. The Kier molecular flexibility index (Phi) is 4.63. The molecule has 0 saturated heterocycles. The average molecular weight is 399 g/mol.